The summed E-state index contributed by atoms with van der Waals surface area (Å²) in [6.07, 6.45) is 1.40. The van der Waals surface area contributed by atoms with Crippen LogP contribution in [0.2, 0.25) is 0 Å². The lowest BCUT2D eigenvalue weighted by molar-refractivity contribution is -0.169. The summed E-state index contributed by atoms with van der Waals surface area (Å²) in [7, 11) is 2.90. The SMILES string of the molecule is CON(C)C(=O)Cn1cnc2scc(-c3cccs3)c2c1=O. The third-order valence-corrected chi connectivity index (χ3v) is 5.07. The summed E-state index contributed by atoms with van der Waals surface area (Å²) in [6.45, 7) is -0.105. The smallest absolute Gasteiger partial charge is 0.265 e. The summed E-state index contributed by atoms with van der Waals surface area (Å²) in [5.41, 5.74) is 0.655. The maximum atomic E-state index is 12.7. The van der Waals surface area contributed by atoms with Crippen molar-refractivity contribution in [1.29, 1.82) is 0 Å². The highest BCUT2D eigenvalue weighted by Gasteiger charge is 2.16. The summed E-state index contributed by atoms with van der Waals surface area (Å²) in [5.74, 6) is -0.321. The minimum absolute atomic E-state index is 0.105. The Hall–Kier alpha value is -2.03. The number of thiophene rings is 2. The Bertz CT molecular complexity index is 867. The predicted octanol–water partition coefficient (Wildman–Crippen LogP) is 2.21. The summed E-state index contributed by atoms with van der Waals surface area (Å²) < 4.78 is 1.31. The molecule has 8 heteroatoms. The van der Waals surface area contributed by atoms with E-state index in [2.05, 4.69) is 4.98 Å². The fourth-order valence-electron chi connectivity index (χ4n) is 2.04. The molecule has 0 saturated carbocycles. The lowest BCUT2D eigenvalue weighted by atomic mass is 10.2. The second-order valence-corrected chi connectivity index (χ2v) is 6.36. The van der Waals surface area contributed by atoms with Crippen LogP contribution >= 0.6 is 22.7 Å². The number of amides is 1. The molecular formula is C14H13N3O3S2. The minimum atomic E-state index is -0.321. The summed E-state index contributed by atoms with van der Waals surface area (Å²) in [6, 6.07) is 3.91. The highest BCUT2D eigenvalue weighted by atomic mass is 32.1. The quantitative estimate of drug-likeness (QED) is 0.686. The number of hydroxylamine groups is 2. The number of fused-ring (bicyclic) bond motifs is 1. The van der Waals surface area contributed by atoms with Crippen LogP contribution in [-0.2, 0) is 16.2 Å². The molecule has 0 fully saturated rings. The average Bonchev–Trinajstić information content (AvgIpc) is 3.17. The Morgan fingerprint density at radius 1 is 1.45 bits per heavy atom. The van der Waals surface area contributed by atoms with Crippen molar-refractivity contribution in [2.24, 2.45) is 0 Å². The molecule has 0 aromatic carbocycles. The van der Waals surface area contributed by atoms with Gasteiger partial charge in [0.05, 0.1) is 18.8 Å². The van der Waals surface area contributed by atoms with Crippen molar-refractivity contribution in [2.75, 3.05) is 14.2 Å². The monoisotopic (exact) mass is 335 g/mol. The van der Waals surface area contributed by atoms with E-state index in [0.717, 1.165) is 15.5 Å². The number of nitrogens with zero attached hydrogens (tertiary/aromatic N) is 3. The van der Waals surface area contributed by atoms with Gasteiger partial charge in [0.1, 0.15) is 11.4 Å². The Balaban J connectivity index is 2.07. The van der Waals surface area contributed by atoms with Crippen LogP contribution in [0.3, 0.4) is 0 Å². The number of hydrogen-bond donors (Lipinski definition) is 0. The van der Waals surface area contributed by atoms with E-state index < -0.39 is 0 Å². The Kier molecular flexibility index (Phi) is 4.06. The molecular weight excluding hydrogens is 322 g/mol. The molecule has 6 nitrogen and oxygen atoms in total. The van der Waals surface area contributed by atoms with Gasteiger partial charge < -0.3 is 0 Å². The van der Waals surface area contributed by atoms with E-state index in [0.29, 0.717) is 10.2 Å². The largest absolute Gasteiger partial charge is 0.289 e. The highest BCUT2D eigenvalue weighted by Crippen LogP contribution is 2.33. The fraction of sp³-hybridized carbons (Fsp3) is 0.214. The van der Waals surface area contributed by atoms with Gasteiger partial charge in [-0.05, 0) is 11.4 Å². The van der Waals surface area contributed by atoms with E-state index in [-0.39, 0.29) is 18.0 Å². The molecule has 0 bridgehead atoms. The first kappa shape index (κ1) is 14.9. The number of hydrogen-bond acceptors (Lipinski definition) is 6. The van der Waals surface area contributed by atoms with Gasteiger partial charge in [-0.25, -0.2) is 10.0 Å². The van der Waals surface area contributed by atoms with Gasteiger partial charge in [0, 0.05) is 22.9 Å². The van der Waals surface area contributed by atoms with Crippen LogP contribution in [0.1, 0.15) is 0 Å². The zero-order valence-corrected chi connectivity index (χ0v) is 13.6. The van der Waals surface area contributed by atoms with E-state index in [1.54, 1.807) is 11.3 Å². The van der Waals surface area contributed by atoms with E-state index in [9.17, 15) is 9.59 Å². The second-order valence-electron chi connectivity index (χ2n) is 4.56. The first-order valence-corrected chi connectivity index (χ1v) is 8.19. The number of aromatic nitrogens is 2. The summed E-state index contributed by atoms with van der Waals surface area (Å²) in [4.78, 5) is 35.4. The molecule has 22 heavy (non-hydrogen) atoms. The van der Waals surface area contributed by atoms with E-state index in [1.165, 1.54) is 36.4 Å². The van der Waals surface area contributed by atoms with Crippen LogP contribution in [-0.4, -0.2) is 34.7 Å². The Morgan fingerprint density at radius 2 is 2.27 bits per heavy atom. The molecule has 114 valence electrons. The number of likely N-dealkylation sites (N-methyl/N-ethyl adjacent to an activating group) is 1. The van der Waals surface area contributed by atoms with Crippen LogP contribution in [0.25, 0.3) is 20.7 Å². The predicted molar refractivity (Wildman–Crippen MR) is 87.0 cm³/mol. The summed E-state index contributed by atoms with van der Waals surface area (Å²) in [5, 5.41) is 5.54. The van der Waals surface area contributed by atoms with Crippen molar-refractivity contribution in [1.82, 2.24) is 14.6 Å². The normalized spacial score (nSPS) is 11.0. The molecule has 0 radical (unpaired) electrons. The lowest BCUT2D eigenvalue weighted by Gasteiger charge is -2.14. The molecule has 0 aliphatic carbocycles. The lowest BCUT2D eigenvalue weighted by Crippen LogP contribution is -2.33. The molecule has 0 unspecified atom stereocenters. The molecule has 0 aliphatic rings. The van der Waals surface area contributed by atoms with Gasteiger partial charge >= 0.3 is 0 Å². The molecule has 0 N–H and O–H groups in total. The van der Waals surface area contributed by atoms with Crippen molar-refractivity contribution in [3.63, 3.8) is 0 Å². The van der Waals surface area contributed by atoms with Crippen molar-refractivity contribution < 1.29 is 9.63 Å². The van der Waals surface area contributed by atoms with Crippen molar-refractivity contribution >= 4 is 38.8 Å². The molecule has 3 aromatic rings. The molecule has 3 aromatic heterocycles. The first-order valence-electron chi connectivity index (χ1n) is 6.43. The summed E-state index contributed by atoms with van der Waals surface area (Å²) >= 11 is 2.99. The third kappa shape index (κ3) is 2.56. The van der Waals surface area contributed by atoms with Gasteiger partial charge in [-0.1, -0.05) is 6.07 Å². The minimum Gasteiger partial charge on any atom is -0.289 e. The van der Waals surface area contributed by atoms with Crippen molar-refractivity contribution in [3.8, 4) is 10.4 Å². The van der Waals surface area contributed by atoms with Crippen LogP contribution in [0, 0.1) is 0 Å². The Labute approximate surface area is 134 Å². The maximum absolute atomic E-state index is 12.7. The van der Waals surface area contributed by atoms with Crippen LogP contribution in [0.15, 0.2) is 34.0 Å². The van der Waals surface area contributed by atoms with Gasteiger partial charge in [0.2, 0.25) is 0 Å². The van der Waals surface area contributed by atoms with E-state index in [4.69, 9.17) is 4.84 Å². The standard InChI is InChI=1S/C14H13N3O3S2/c1-16(20-2)11(18)6-17-8-15-13-12(14(17)19)9(7-22-13)10-4-3-5-21-10/h3-5,7-8H,6H2,1-2H3. The molecule has 0 atom stereocenters. The van der Waals surface area contributed by atoms with E-state index >= 15 is 0 Å². The van der Waals surface area contributed by atoms with Gasteiger partial charge in [-0.2, -0.15) is 0 Å². The molecule has 0 spiro atoms. The van der Waals surface area contributed by atoms with Crippen molar-refractivity contribution in [3.05, 3.63) is 39.6 Å². The van der Waals surface area contributed by atoms with Gasteiger partial charge in [0.15, 0.2) is 0 Å². The fourth-order valence-corrected chi connectivity index (χ4v) is 3.76. The number of carbonyl (C=O) groups is 1. The molecule has 0 aliphatic heterocycles. The molecule has 3 rings (SSSR count). The first-order chi connectivity index (χ1) is 10.6. The van der Waals surface area contributed by atoms with Gasteiger partial charge in [-0.3, -0.25) is 19.0 Å². The zero-order valence-electron chi connectivity index (χ0n) is 12.0. The van der Waals surface area contributed by atoms with Crippen LogP contribution < -0.4 is 5.56 Å². The van der Waals surface area contributed by atoms with E-state index in [1.807, 2.05) is 22.9 Å². The topological polar surface area (TPSA) is 64.4 Å². The zero-order chi connectivity index (χ0) is 15.7. The van der Waals surface area contributed by atoms with Crippen LogP contribution in [0.4, 0.5) is 0 Å². The van der Waals surface area contributed by atoms with Gasteiger partial charge in [-0.15, -0.1) is 22.7 Å². The van der Waals surface area contributed by atoms with Crippen molar-refractivity contribution in [2.45, 2.75) is 6.54 Å². The van der Waals surface area contributed by atoms with Gasteiger partial charge in [0.25, 0.3) is 11.5 Å². The molecule has 1 amide bonds. The second kappa shape index (κ2) is 5.99. The highest BCUT2D eigenvalue weighted by molar-refractivity contribution is 7.18. The molecule has 0 saturated heterocycles. The Morgan fingerprint density at radius 3 is 2.95 bits per heavy atom. The number of carbonyl (C=O) groups excluding carboxylic acids is 1. The third-order valence-electron chi connectivity index (χ3n) is 3.28. The number of rotatable bonds is 4. The van der Waals surface area contributed by atoms with Crippen LogP contribution in [0.5, 0.6) is 0 Å². The maximum Gasteiger partial charge on any atom is 0.265 e. The average molecular weight is 335 g/mol. The molecule has 3 heterocycles.